The predicted octanol–water partition coefficient (Wildman–Crippen LogP) is 5.24. The van der Waals surface area contributed by atoms with Gasteiger partial charge in [-0.15, -0.1) is 0 Å². The molecule has 1 aliphatic heterocycles. The van der Waals surface area contributed by atoms with Gasteiger partial charge in [0.05, 0.1) is 40.6 Å². The molecule has 1 heterocycles. The zero-order valence-corrected chi connectivity index (χ0v) is 21.4. The number of hydrogen-bond acceptors (Lipinski definition) is 6. The number of alkyl halides is 3. The van der Waals surface area contributed by atoms with Crippen LogP contribution in [0.2, 0.25) is 0 Å². The van der Waals surface area contributed by atoms with Crippen LogP contribution in [0.15, 0.2) is 47.4 Å². The maximum absolute atomic E-state index is 13.7. The van der Waals surface area contributed by atoms with E-state index >= 15 is 0 Å². The third-order valence-electron chi connectivity index (χ3n) is 6.18. The number of hydrogen-bond donors (Lipinski definition) is 0. The summed E-state index contributed by atoms with van der Waals surface area (Å²) in [6.07, 6.45) is -3.90. The first kappa shape index (κ1) is 26.8. The van der Waals surface area contributed by atoms with Crippen LogP contribution >= 0.6 is 0 Å². The first-order valence-electron chi connectivity index (χ1n) is 11.7. The molecule has 1 fully saturated rings. The minimum atomic E-state index is -4.72. The van der Waals surface area contributed by atoms with Crippen molar-refractivity contribution in [2.75, 3.05) is 10.8 Å². The molecule has 0 bridgehead atoms. The molecule has 2 aliphatic rings. The molecule has 0 amide bonds. The second kappa shape index (κ2) is 9.24. The number of halogens is 3. The molecule has 198 valence electrons. The molecule has 1 saturated carbocycles. The molecule has 0 saturated heterocycles. The van der Waals surface area contributed by atoms with E-state index in [2.05, 4.69) is 6.07 Å². The average molecular weight is 537 g/mol. The van der Waals surface area contributed by atoms with E-state index < -0.39 is 49.7 Å². The van der Waals surface area contributed by atoms with Crippen LogP contribution in [0, 0.1) is 16.7 Å². The van der Waals surface area contributed by atoms with E-state index in [0.29, 0.717) is 24.5 Å². The first-order chi connectivity index (χ1) is 17.1. The summed E-state index contributed by atoms with van der Waals surface area (Å²) < 4.78 is 79.7. The van der Waals surface area contributed by atoms with Gasteiger partial charge in [0, 0.05) is 6.42 Å². The summed E-state index contributed by atoms with van der Waals surface area (Å²) in [7, 11) is -4.45. The van der Waals surface area contributed by atoms with E-state index in [-0.39, 0.29) is 30.8 Å². The fourth-order valence-electron chi connectivity index (χ4n) is 4.25. The van der Waals surface area contributed by atoms with Gasteiger partial charge in [0.25, 0.3) is 10.0 Å². The highest BCUT2D eigenvalue weighted by Crippen LogP contribution is 2.50. The van der Waals surface area contributed by atoms with Crippen molar-refractivity contribution < 1.29 is 35.9 Å². The lowest BCUT2D eigenvalue weighted by Gasteiger charge is -2.36. The van der Waals surface area contributed by atoms with Gasteiger partial charge >= 0.3 is 12.1 Å². The van der Waals surface area contributed by atoms with Crippen molar-refractivity contribution in [3.63, 3.8) is 0 Å². The van der Waals surface area contributed by atoms with Gasteiger partial charge in [-0.1, -0.05) is 12.1 Å². The van der Waals surface area contributed by atoms with Crippen molar-refractivity contribution in [1.82, 2.24) is 0 Å². The van der Waals surface area contributed by atoms with E-state index in [1.807, 2.05) is 0 Å². The number of nitrogens with zero attached hydrogens (tertiary/aromatic N) is 2. The third kappa shape index (κ3) is 6.01. The van der Waals surface area contributed by atoms with Crippen LogP contribution in [-0.2, 0) is 32.2 Å². The maximum atomic E-state index is 13.7. The van der Waals surface area contributed by atoms with Gasteiger partial charge in [-0.3, -0.25) is 9.10 Å². The lowest BCUT2D eigenvalue weighted by molar-refractivity contribution is -0.153. The Morgan fingerprint density at radius 1 is 1.19 bits per heavy atom. The molecule has 1 aliphatic carbocycles. The number of esters is 1. The highest BCUT2D eigenvalue weighted by Gasteiger charge is 2.47. The van der Waals surface area contributed by atoms with Crippen LogP contribution < -0.4 is 9.04 Å². The highest BCUT2D eigenvalue weighted by atomic mass is 32.2. The highest BCUT2D eigenvalue weighted by molar-refractivity contribution is 7.92. The Hall–Kier alpha value is -3.26. The van der Waals surface area contributed by atoms with E-state index in [0.717, 1.165) is 22.5 Å². The van der Waals surface area contributed by atoms with E-state index in [9.17, 15) is 31.6 Å². The Morgan fingerprint density at radius 2 is 1.89 bits per heavy atom. The Labute approximate surface area is 213 Å². The number of ether oxygens (including phenoxy) is 2. The number of carbonyl (C=O) groups is 1. The van der Waals surface area contributed by atoms with Gasteiger partial charge in [-0.2, -0.15) is 18.4 Å². The topological polar surface area (TPSA) is 96.7 Å². The number of carbonyl (C=O) groups excluding carboxylic acids is 1. The number of sulfonamides is 1. The predicted molar refractivity (Wildman–Crippen MR) is 128 cm³/mol. The summed E-state index contributed by atoms with van der Waals surface area (Å²) in [5.74, 6) is -0.312. The number of anilines is 1. The average Bonchev–Trinajstić information content (AvgIpc) is 3.57. The van der Waals surface area contributed by atoms with Crippen molar-refractivity contribution in [3.05, 3.63) is 53.6 Å². The molecule has 0 radical (unpaired) electrons. The largest absolute Gasteiger partial charge is 0.486 e. The summed E-state index contributed by atoms with van der Waals surface area (Å²) >= 11 is 0. The quantitative estimate of drug-likeness (QED) is 0.469. The van der Waals surface area contributed by atoms with Crippen molar-refractivity contribution in [3.8, 4) is 11.8 Å². The SMILES string of the molecule is CC(C)(C)OC(=O)Cc1ccc2c(c1)N(S(=O)(=O)c1cccc(C(F)(F)F)c1)C[C@H](CC1(C#N)CC1)O2. The van der Waals surface area contributed by atoms with Crippen LogP contribution in [0.25, 0.3) is 0 Å². The minimum absolute atomic E-state index is 0.108. The molecule has 7 nitrogen and oxygen atoms in total. The van der Waals surface area contributed by atoms with Gasteiger partial charge in [0.2, 0.25) is 0 Å². The zero-order chi connectivity index (χ0) is 27.2. The summed E-state index contributed by atoms with van der Waals surface area (Å²) in [5, 5.41) is 9.51. The Bertz CT molecular complexity index is 1360. The molecule has 0 N–H and O–H groups in total. The molecule has 2 aromatic carbocycles. The van der Waals surface area contributed by atoms with Gasteiger partial charge < -0.3 is 9.47 Å². The molecule has 37 heavy (non-hydrogen) atoms. The van der Waals surface area contributed by atoms with Crippen molar-refractivity contribution in [1.29, 1.82) is 5.26 Å². The van der Waals surface area contributed by atoms with Crippen LogP contribution in [0.3, 0.4) is 0 Å². The Morgan fingerprint density at radius 3 is 2.49 bits per heavy atom. The molecular weight excluding hydrogens is 509 g/mol. The molecular formula is C26H27F3N2O5S. The van der Waals surface area contributed by atoms with E-state index in [4.69, 9.17) is 9.47 Å². The molecule has 0 unspecified atom stereocenters. The standard InChI is InChI=1S/C26H27F3N2O5S/c1-24(2,3)36-23(32)12-17-7-8-22-21(11-17)31(15-19(35-22)14-25(16-30)9-10-25)37(33,34)20-6-4-5-18(13-20)26(27,28)29/h4-8,11,13,19H,9-10,12,14-15H2,1-3H3/t19-/m0/s1. The molecule has 2 aromatic rings. The van der Waals surface area contributed by atoms with Gasteiger partial charge in [0.15, 0.2) is 0 Å². The number of nitriles is 1. The van der Waals surface area contributed by atoms with Crippen molar-refractivity contribution in [2.24, 2.45) is 5.41 Å². The smallest absolute Gasteiger partial charge is 0.416 e. The fourth-order valence-corrected chi connectivity index (χ4v) is 5.80. The minimum Gasteiger partial charge on any atom is -0.486 e. The Kier molecular flexibility index (Phi) is 6.69. The second-order valence-corrected chi connectivity index (χ2v) is 12.3. The monoisotopic (exact) mass is 536 g/mol. The fraction of sp³-hybridized carbons (Fsp3) is 0.462. The lowest BCUT2D eigenvalue weighted by atomic mass is 9.99. The lowest BCUT2D eigenvalue weighted by Crippen LogP contribution is -2.44. The van der Waals surface area contributed by atoms with Crippen molar-refractivity contribution >= 4 is 21.7 Å². The van der Waals surface area contributed by atoms with Crippen LogP contribution in [0.5, 0.6) is 5.75 Å². The molecule has 4 rings (SSSR count). The first-order valence-corrected chi connectivity index (χ1v) is 13.2. The summed E-state index contributed by atoms with van der Waals surface area (Å²) in [5.41, 5.74) is -1.82. The van der Waals surface area contributed by atoms with Crippen LogP contribution in [0.1, 0.15) is 51.2 Å². The number of fused-ring (bicyclic) bond motifs is 1. The summed E-state index contributed by atoms with van der Waals surface area (Å²) in [6.45, 7) is 4.99. The van der Waals surface area contributed by atoms with Gasteiger partial charge in [-0.25, -0.2) is 8.42 Å². The number of benzene rings is 2. The van der Waals surface area contributed by atoms with Gasteiger partial charge in [0.1, 0.15) is 17.5 Å². The van der Waals surface area contributed by atoms with Crippen molar-refractivity contribution in [2.45, 2.75) is 69.2 Å². The third-order valence-corrected chi connectivity index (χ3v) is 7.96. The molecule has 11 heteroatoms. The van der Waals surface area contributed by atoms with E-state index in [1.54, 1.807) is 26.8 Å². The molecule has 0 spiro atoms. The maximum Gasteiger partial charge on any atom is 0.416 e. The summed E-state index contributed by atoms with van der Waals surface area (Å²) in [4.78, 5) is 11.8. The van der Waals surface area contributed by atoms with Crippen LogP contribution in [0.4, 0.5) is 18.9 Å². The van der Waals surface area contributed by atoms with Crippen LogP contribution in [-0.4, -0.2) is 32.6 Å². The van der Waals surface area contributed by atoms with E-state index in [1.165, 1.54) is 12.1 Å². The molecule has 0 aromatic heterocycles. The number of rotatable bonds is 6. The second-order valence-electron chi connectivity index (χ2n) is 10.5. The summed E-state index contributed by atoms with van der Waals surface area (Å²) in [6, 6.07) is 10.4. The Balaban J connectivity index is 1.73. The zero-order valence-electron chi connectivity index (χ0n) is 20.6. The molecule has 1 atom stereocenters. The van der Waals surface area contributed by atoms with Gasteiger partial charge in [-0.05, 0) is 69.5 Å². The normalized spacial score (nSPS) is 18.8.